The van der Waals surface area contributed by atoms with Gasteiger partial charge in [0.2, 0.25) is 12.7 Å². The van der Waals surface area contributed by atoms with Crippen molar-refractivity contribution in [1.29, 1.82) is 0 Å². The number of hydrogen-bond donors (Lipinski definition) is 5. The number of benzene rings is 2. The van der Waals surface area contributed by atoms with Gasteiger partial charge in [-0.1, -0.05) is 25.1 Å². The molecule has 0 aromatic heterocycles. The largest absolute Gasteiger partial charge is 0.454 e. The lowest BCUT2D eigenvalue weighted by Crippen LogP contribution is -2.50. The van der Waals surface area contributed by atoms with Gasteiger partial charge in [0, 0.05) is 12.2 Å². The third-order valence-corrected chi connectivity index (χ3v) is 4.66. The van der Waals surface area contributed by atoms with E-state index in [1.165, 1.54) is 5.56 Å². The standard InChI is InChI=1S/C19H23N5O3/c1-2-12-3-6-14(7-4-12)21-18-17(22-24-23-18)19(25)20-10-13-5-8-15-16(9-13)27-11-26-15/h3-9,17-18,21-24H,2,10-11H2,1H3,(H,20,25). The van der Waals surface area contributed by atoms with E-state index >= 15 is 0 Å². The number of hydrogen-bond acceptors (Lipinski definition) is 7. The van der Waals surface area contributed by atoms with Gasteiger partial charge in [-0.3, -0.25) is 4.79 Å². The van der Waals surface area contributed by atoms with E-state index in [-0.39, 0.29) is 18.9 Å². The molecule has 2 unspecified atom stereocenters. The monoisotopic (exact) mass is 369 g/mol. The molecule has 2 aromatic carbocycles. The molecule has 4 rings (SSSR count). The van der Waals surface area contributed by atoms with Crippen LogP contribution in [-0.4, -0.2) is 24.9 Å². The van der Waals surface area contributed by atoms with E-state index in [1.807, 2.05) is 30.3 Å². The van der Waals surface area contributed by atoms with Crippen molar-refractivity contribution in [2.24, 2.45) is 0 Å². The topological polar surface area (TPSA) is 95.7 Å². The van der Waals surface area contributed by atoms with Gasteiger partial charge in [0.1, 0.15) is 12.2 Å². The minimum atomic E-state index is -0.468. The smallest absolute Gasteiger partial charge is 0.242 e. The Kier molecular flexibility index (Phi) is 5.10. The Bertz CT molecular complexity index is 811. The SMILES string of the molecule is CCc1ccc(NC2NNNC2C(=O)NCc2ccc3c(c2)OCO3)cc1. The fraction of sp³-hybridized carbons (Fsp3) is 0.316. The van der Waals surface area contributed by atoms with Gasteiger partial charge in [0.15, 0.2) is 11.5 Å². The van der Waals surface area contributed by atoms with Crippen molar-refractivity contribution in [3.05, 3.63) is 53.6 Å². The zero-order chi connectivity index (χ0) is 18.6. The summed E-state index contributed by atoms with van der Waals surface area (Å²) in [5.74, 6) is 1.32. The highest BCUT2D eigenvalue weighted by Gasteiger charge is 2.32. The minimum Gasteiger partial charge on any atom is -0.454 e. The molecule has 0 aliphatic carbocycles. The molecule has 1 fully saturated rings. The zero-order valence-electron chi connectivity index (χ0n) is 15.0. The average molecular weight is 369 g/mol. The van der Waals surface area contributed by atoms with E-state index in [0.29, 0.717) is 12.3 Å². The molecule has 2 atom stereocenters. The van der Waals surface area contributed by atoms with Crippen molar-refractivity contribution in [3.63, 3.8) is 0 Å². The van der Waals surface area contributed by atoms with Crippen LogP contribution in [0.15, 0.2) is 42.5 Å². The highest BCUT2D eigenvalue weighted by atomic mass is 16.7. The van der Waals surface area contributed by atoms with Gasteiger partial charge >= 0.3 is 0 Å². The molecule has 0 saturated carbocycles. The quantitative estimate of drug-likeness (QED) is 0.519. The predicted molar refractivity (Wildman–Crippen MR) is 101 cm³/mol. The number of carbonyl (C=O) groups is 1. The predicted octanol–water partition coefficient (Wildman–Crippen LogP) is 1.01. The first-order chi connectivity index (χ1) is 13.2. The molecule has 142 valence electrons. The van der Waals surface area contributed by atoms with Crippen molar-refractivity contribution in [1.82, 2.24) is 21.7 Å². The Labute approximate surface area is 157 Å². The minimum absolute atomic E-state index is 0.118. The van der Waals surface area contributed by atoms with Gasteiger partial charge in [-0.15, -0.1) is 0 Å². The first-order valence-corrected chi connectivity index (χ1v) is 9.00. The van der Waals surface area contributed by atoms with Crippen LogP contribution < -0.4 is 36.5 Å². The van der Waals surface area contributed by atoms with Crippen molar-refractivity contribution >= 4 is 11.6 Å². The maximum atomic E-state index is 12.6. The summed E-state index contributed by atoms with van der Waals surface area (Å²) < 4.78 is 10.7. The van der Waals surface area contributed by atoms with Crippen LogP contribution in [0.4, 0.5) is 5.69 Å². The summed E-state index contributed by atoms with van der Waals surface area (Å²) in [6.45, 7) is 2.77. The Morgan fingerprint density at radius 1 is 1.07 bits per heavy atom. The lowest BCUT2D eigenvalue weighted by Gasteiger charge is -2.20. The molecule has 2 aromatic rings. The van der Waals surface area contributed by atoms with E-state index in [9.17, 15) is 4.79 Å². The number of rotatable bonds is 6. The van der Waals surface area contributed by atoms with Gasteiger partial charge in [0.05, 0.1) is 0 Å². The summed E-state index contributed by atoms with van der Waals surface area (Å²) in [5.41, 5.74) is 12.0. The summed E-state index contributed by atoms with van der Waals surface area (Å²) in [4.78, 5) is 12.6. The van der Waals surface area contributed by atoms with E-state index in [4.69, 9.17) is 9.47 Å². The lowest BCUT2D eigenvalue weighted by molar-refractivity contribution is -0.123. The first-order valence-electron chi connectivity index (χ1n) is 9.00. The molecule has 8 nitrogen and oxygen atoms in total. The summed E-state index contributed by atoms with van der Waals surface area (Å²) in [6, 6.07) is 13.4. The van der Waals surface area contributed by atoms with E-state index in [0.717, 1.165) is 23.4 Å². The number of amides is 1. The number of anilines is 1. The number of fused-ring (bicyclic) bond motifs is 1. The van der Waals surface area contributed by atoms with Crippen LogP contribution in [0.25, 0.3) is 0 Å². The maximum absolute atomic E-state index is 12.6. The number of carbonyl (C=O) groups excluding carboxylic acids is 1. The van der Waals surface area contributed by atoms with E-state index in [1.54, 1.807) is 0 Å². The molecule has 0 bridgehead atoms. The molecule has 8 heteroatoms. The highest BCUT2D eigenvalue weighted by molar-refractivity contribution is 5.83. The fourth-order valence-electron chi connectivity index (χ4n) is 3.07. The molecule has 5 N–H and O–H groups in total. The van der Waals surface area contributed by atoms with Crippen LogP contribution in [0.1, 0.15) is 18.1 Å². The van der Waals surface area contributed by atoms with Crippen molar-refractivity contribution < 1.29 is 14.3 Å². The molecular formula is C19H23N5O3. The van der Waals surface area contributed by atoms with Gasteiger partial charge in [-0.25, -0.2) is 10.9 Å². The van der Waals surface area contributed by atoms with Crippen LogP contribution in [0.5, 0.6) is 11.5 Å². The molecule has 2 aliphatic heterocycles. The van der Waals surface area contributed by atoms with E-state index < -0.39 is 6.04 Å². The fourth-order valence-corrected chi connectivity index (χ4v) is 3.07. The highest BCUT2D eigenvalue weighted by Crippen LogP contribution is 2.32. The van der Waals surface area contributed by atoms with Crippen molar-refractivity contribution in [3.8, 4) is 11.5 Å². The molecule has 2 heterocycles. The third kappa shape index (κ3) is 3.97. The number of ether oxygens (including phenoxy) is 2. The Morgan fingerprint density at radius 3 is 2.67 bits per heavy atom. The summed E-state index contributed by atoms with van der Waals surface area (Å²) in [5, 5.41) is 6.27. The van der Waals surface area contributed by atoms with Gasteiger partial charge in [0.25, 0.3) is 0 Å². The van der Waals surface area contributed by atoms with Crippen LogP contribution in [0.3, 0.4) is 0 Å². The molecule has 27 heavy (non-hydrogen) atoms. The van der Waals surface area contributed by atoms with Gasteiger partial charge < -0.3 is 20.1 Å². The van der Waals surface area contributed by atoms with Crippen molar-refractivity contribution in [2.45, 2.75) is 32.1 Å². The molecule has 2 aliphatic rings. The Hall–Kier alpha value is -2.81. The molecular weight excluding hydrogens is 346 g/mol. The second-order valence-electron chi connectivity index (χ2n) is 6.47. The Morgan fingerprint density at radius 2 is 1.85 bits per heavy atom. The van der Waals surface area contributed by atoms with Crippen LogP contribution in [0.2, 0.25) is 0 Å². The summed E-state index contributed by atoms with van der Waals surface area (Å²) >= 11 is 0. The van der Waals surface area contributed by atoms with Gasteiger partial charge in [-0.2, -0.15) is 5.53 Å². The first kappa shape index (κ1) is 17.6. The van der Waals surface area contributed by atoms with Crippen LogP contribution in [-0.2, 0) is 17.8 Å². The number of aryl methyl sites for hydroxylation is 1. The van der Waals surface area contributed by atoms with Crippen LogP contribution in [0, 0.1) is 0 Å². The van der Waals surface area contributed by atoms with E-state index in [2.05, 4.69) is 46.1 Å². The molecule has 1 amide bonds. The molecule has 0 radical (unpaired) electrons. The average Bonchev–Trinajstić information content (AvgIpc) is 3.35. The number of nitrogens with one attached hydrogen (secondary N) is 5. The summed E-state index contributed by atoms with van der Waals surface area (Å²) in [6.07, 6.45) is 0.713. The Balaban J connectivity index is 1.34. The second-order valence-corrected chi connectivity index (χ2v) is 6.47. The summed E-state index contributed by atoms with van der Waals surface area (Å²) in [7, 11) is 0. The lowest BCUT2D eigenvalue weighted by atomic mass is 10.1. The van der Waals surface area contributed by atoms with Gasteiger partial charge in [-0.05, 0) is 41.8 Å². The maximum Gasteiger partial charge on any atom is 0.242 e. The molecule has 1 saturated heterocycles. The number of hydrazine groups is 2. The zero-order valence-corrected chi connectivity index (χ0v) is 15.0. The third-order valence-electron chi connectivity index (χ3n) is 4.66. The van der Waals surface area contributed by atoms with Crippen LogP contribution >= 0.6 is 0 Å². The molecule has 0 spiro atoms. The van der Waals surface area contributed by atoms with Crippen molar-refractivity contribution in [2.75, 3.05) is 12.1 Å². The second kappa shape index (κ2) is 7.83. The normalized spacial score (nSPS) is 20.5.